The van der Waals surface area contributed by atoms with Gasteiger partial charge in [-0.25, -0.2) is 0 Å². The fourth-order valence-electron chi connectivity index (χ4n) is 4.18. The van der Waals surface area contributed by atoms with Crippen LogP contribution in [-0.2, 0) is 0 Å². The van der Waals surface area contributed by atoms with Gasteiger partial charge in [0, 0.05) is 18.2 Å². The Bertz CT molecular complexity index is 1040. The molecule has 4 rings (SSSR count). The molecule has 33 heavy (non-hydrogen) atoms. The summed E-state index contributed by atoms with van der Waals surface area (Å²) in [5.41, 5.74) is 2.26. The van der Waals surface area contributed by atoms with E-state index in [2.05, 4.69) is 34.4 Å². The maximum Gasteiger partial charge on any atom is 0.273 e. The Morgan fingerprint density at radius 1 is 1.06 bits per heavy atom. The van der Waals surface area contributed by atoms with Gasteiger partial charge in [0.1, 0.15) is 11.5 Å². The van der Waals surface area contributed by atoms with Gasteiger partial charge >= 0.3 is 0 Å². The largest absolute Gasteiger partial charge is 0.497 e. The van der Waals surface area contributed by atoms with Crippen LogP contribution in [0.5, 0.6) is 11.5 Å². The van der Waals surface area contributed by atoms with E-state index in [1.54, 1.807) is 20.3 Å². The summed E-state index contributed by atoms with van der Waals surface area (Å²) in [5.74, 6) is 2.61. The lowest BCUT2D eigenvalue weighted by molar-refractivity contribution is 0.0904. The zero-order chi connectivity index (χ0) is 23.2. The van der Waals surface area contributed by atoms with Gasteiger partial charge in [0.15, 0.2) is 11.5 Å². The summed E-state index contributed by atoms with van der Waals surface area (Å²) in [6, 6.07) is 17.3. The van der Waals surface area contributed by atoms with Gasteiger partial charge in [0.2, 0.25) is 0 Å². The molecule has 0 saturated carbocycles. The van der Waals surface area contributed by atoms with E-state index in [4.69, 9.17) is 14.0 Å². The van der Waals surface area contributed by atoms with Crippen molar-refractivity contribution < 1.29 is 18.8 Å². The summed E-state index contributed by atoms with van der Waals surface area (Å²) < 4.78 is 15.9. The number of methoxy groups -OCH3 is 2. The molecule has 0 radical (unpaired) electrons. The predicted molar refractivity (Wildman–Crippen MR) is 127 cm³/mol. The van der Waals surface area contributed by atoms with Gasteiger partial charge in [-0.1, -0.05) is 24.2 Å². The van der Waals surface area contributed by atoms with E-state index < -0.39 is 0 Å². The standard InChI is InChI=1S/C26H31N3O4/c1-18-12-14-29(15-13-18)24(19-4-8-21(31-2)9-5-19)17-27-26(30)23-16-25(33-28-23)20-6-10-22(32-3)11-7-20/h4-11,16,18,24H,12-15,17H2,1-3H3,(H,27,30)/t24-/m1/s1. The van der Waals surface area contributed by atoms with Crippen molar-refractivity contribution in [3.8, 4) is 22.8 Å². The fourth-order valence-corrected chi connectivity index (χ4v) is 4.18. The lowest BCUT2D eigenvalue weighted by Crippen LogP contribution is -2.42. The quantitative estimate of drug-likeness (QED) is 0.543. The molecule has 1 aromatic heterocycles. The third-order valence-corrected chi connectivity index (χ3v) is 6.33. The smallest absolute Gasteiger partial charge is 0.273 e. The van der Waals surface area contributed by atoms with Crippen LogP contribution in [0.3, 0.4) is 0 Å². The molecule has 0 spiro atoms. The molecule has 7 nitrogen and oxygen atoms in total. The highest BCUT2D eigenvalue weighted by atomic mass is 16.5. The summed E-state index contributed by atoms with van der Waals surface area (Å²) in [4.78, 5) is 15.3. The highest BCUT2D eigenvalue weighted by Gasteiger charge is 2.26. The lowest BCUT2D eigenvalue weighted by Gasteiger charge is -2.37. The Morgan fingerprint density at radius 3 is 2.27 bits per heavy atom. The molecule has 1 amide bonds. The number of piperidine rings is 1. The van der Waals surface area contributed by atoms with Crippen molar-refractivity contribution >= 4 is 5.91 Å². The number of aromatic nitrogens is 1. The minimum absolute atomic E-state index is 0.0836. The number of benzene rings is 2. The van der Waals surface area contributed by atoms with Crippen molar-refractivity contribution in [2.45, 2.75) is 25.8 Å². The van der Waals surface area contributed by atoms with E-state index in [-0.39, 0.29) is 17.6 Å². The average Bonchev–Trinajstić information content (AvgIpc) is 3.36. The van der Waals surface area contributed by atoms with Gasteiger partial charge in [-0.3, -0.25) is 9.69 Å². The van der Waals surface area contributed by atoms with E-state index >= 15 is 0 Å². The molecule has 3 aromatic rings. The number of amides is 1. The molecule has 1 aliphatic heterocycles. The summed E-state index contributed by atoms with van der Waals surface area (Å²) in [7, 11) is 3.28. The van der Waals surface area contributed by atoms with Gasteiger partial charge in [-0.2, -0.15) is 0 Å². The summed E-state index contributed by atoms with van der Waals surface area (Å²) in [6.45, 7) is 4.81. The second-order valence-corrected chi connectivity index (χ2v) is 8.52. The van der Waals surface area contributed by atoms with E-state index in [1.165, 1.54) is 0 Å². The second-order valence-electron chi connectivity index (χ2n) is 8.52. The highest BCUT2D eigenvalue weighted by molar-refractivity contribution is 5.93. The number of hydrogen-bond donors (Lipinski definition) is 1. The van der Waals surface area contributed by atoms with E-state index in [9.17, 15) is 4.79 Å². The summed E-state index contributed by atoms with van der Waals surface area (Å²) in [5, 5.41) is 7.05. The van der Waals surface area contributed by atoms with Crippen LogP contribution in [0.15, 0.2) is 59.1 Å². The van der Waals surface area contributed by atoms with Crippen LogP contribution in [0.4, 0.5) is 0 Å². The van der Waals surface area contributed by atoms with E-state index in [0.29, 0.717) is 12.3 Å². The first-order chi connectivity index (χ1) is 16.1. The molecular formula is C26H31N3O4. The first-order valence-corrected chi connectivity index (χ1v) is 11.3. The number of ether oxygens (including phenoxy) is 2. The lowest BCUT2D eigenvalue weighted by atomic mass is 9.95. The monoisotopic (exact) mass is 449 g/mol. The highest BCUT2D eigenvalue weighted by Crippen LogP contribution is 2.28. The fraction of sp³-hybridized carbons (Fsp3) is 0.385. The van der Waals surface area contributed by atoms with Gasteiger partial charge in [-0.05, 0) is 73.8 Å². The maximum absolute atomic E-state index is 12.9. The zero-order valence-corrected chi connectivity index (χ0v) is 19.4. The van der Waals surface area contributed by atoms with Crippen molar-refractivity contribution in [2.24, 2.45) is 5.92 Å². The van der Waals surface area contributed by atoms with Crippen LogP contribution in [-0.4, -0.2) is 49.8 Å². The third-order valence-electron chi connectivity index (χ3n) is 6.33. The average molecular weight is 450 g/mol. The molecule has 7 heteroatoms. The van der Waals surface area contributed by atoms with Gasteiger partial charge in [0.05, 0.1) is 20.3 Å². The van der Waals surface area contributed by atoms with Gasteiger partial charge in [-0.15, -0.1) is 0 Å². The molecular weight excluding hydrogens is 418 g/mol. The zero-order valence-electron chi connectivity index (χ0n) is 19.4. The molecule has 1 aliphatic rings. The number of nitrogens with zero attached hydrogens (tertiary/aromatic N) is 2. The van der Waals surface area contributed by atoms with Crippen LogP contribution >= 0.6 is 0 Å². The Labute approximate surface area is 194 Å². The van der Waals surface area contributed by atoms with Crippen LogP contribution in [0, 0.1) is 5.92 Å². The van der Waals surface area contributed by atoms with Crippen LogP contribution in [0.1, 0.15) is 41.9 Å². The Hall–Kier alpha value is -3.32. The Kier molecular flexibility index (Phi) is 7.29. The number of hydrogen-bond acceptors (Lipinski definition) is 6. The minimum atomic E-state index is -0.248. The van der Waals surface area contributed by atoms with Crippen LogP contribution < -0.4 is 14.8 Å². The normalized spacial score (nSPS) is 15.7. The molecule has 2 heterocycles. The van der Waals surface area contributed by atoms with Crippen molar-refractivity contribution in [3.05, 3.63) is 65.9 Å². The summed E-state index contributed by atoms with van der Waals surface area (Å²) in [6.07, 6.45) is 2.32. The number of carbonyl (C=O) groups excluding carboxylic acids is 1. The number of nitrogens with one attached hydrogen (secondary N) is 1. The molecule has 0 bridgehead atoms. The van der Waals surface area contributed by atoms with E-state index in [1.807, 2.05) is 36.4 Å². The SMILES string of the molecule is COc1ccc(-c2cc(C(=O)NC[C@H](c3ccc(OC)cc3)N3CCC(C)CC3)no2)cc1. The molecule has 0 aliphatic carbocycles. The minimum Gasteiger partial charge on any atom is -0.497 e. The van der Waals surface area contributed by atoms with Crippen molar-refractivity contribution in [2.75, 3.05) is 33.9 Å². The summed E-state index contributed by atoms with van der Waals surface area (Å²) >= 11 is 0. The maximum atomic E-state index is 12.9. The van der Waals surface area contributed by atoms with Crippen molar-refractivity contribution in [1.82, 2.24) is 15.4 Å². The molecule has 1 atom stereocenters. The molecule has 1 N–H and O–H groups in total. The van der Waals surface area contributed by atoms with Crippen LogP contribution in [0.2, 0.25) is 0 Å². The first kappa shape index (κ1) is 22.9. The molecule has 2 aromatic carbocycles. The number of carbonyl (C=O) groups is 1. The Balaban J connectivity index is 1.45. The molecule has 1 fully saturated rings. The second kappa shape index (κ2) is 10.5. The molecule has 1 saturated heterocycles. The number of likely N-dealkylation sites (tertiary alicyclic amines) is 1. The van der Waals surface area contributed by atoms with E-state index in [0.717, 1.165) is 54.5 Å². The number of rotatable bonds is 8. The first-order valence-electron chi connectivity index (χ1n) is 11.3. The third kappa shape index (κ3) is 5.54. The predicted octanol–water partition coefficient (Wildman–Crippen LogP) is 4.56. The molecule has 0 unspecified atom stereocenters. The van der Waals surface area contributed by atoms with Crippen LogP contribution in [0.25, 0.3) is 11.3 Å². The Morgan fingerprint density at radius 2 is 1.67 bits per heavy atom. The topological polar surface area (TPSA) is 76.8 Å². The van der Waals surface area contributed by atoms with Crippen molar-refractivity contribution in [1.29, 1.82) is 0 Å². The van der Waals surface area contributed by atoms with Crippen molar-refractivity contribution in [3.63, 3.8) is 0 Å². The van der Waals surface area contributed by atoms with Gasteiger partial charge in [0.25, 0.3) is 5.91 Å². The molecule has 174 valence electrons. The van der Waals surface area contributed by atoms with Gasteiger partial charge < -0.3 is 19.3 Å².